The Morgan fingerprint density at radius 2 is 1.81 bits per heavy atom. The van der Waals surface area contributed by atoms with Gasteiger partial charge in [-0.2, -0.15) is 0 Å². The molecule has 7 heteroatoms. The van der Waals surface area contributed by atoms with Gasteiger partial charge in [0.15, 0.2) is 0 Å². The molecule has 1 unspecified atom stereocenters. The quantitative estimate of drug-likeness (QED) is 0.850. The molecule has 0 aromatic heterocycles. The number of hydrogen-bond donors (Lipinski definition) is 1. The molecule has 1 heterocycles. The van der Waals surface area contributed by atoms with Gasteiger partial charge in [0.2, 0.25) is 0 Å². The second kappa shape index (κ2) is 8.00. The number of carbonyl (C=O) groups excluding carboxylic acids is 1. The van der Waals surface area contributed by atoms with E-state index in [1.165, 1.54) is 19.2 Å². The Morgan fingerprint density at radius 3 is 2.48 bits per heavy atom. The number of ether oxygens (including phenoxy) is 1. The monoisotopic (exact) mass is 388 g/mol. The van der Waals surface area contributed by atoms with Gasteiger partial charge in [-0.05, 0) is 62.6 Å². The molecule has 2 aromatic carbocycles. The van der Waals surface area contributed by atoms with Crippen LogP contribution < -0.4 is 9.46 Å². The van der Waals surface area contributed by atoms with E-state index >= 15 is 0 Å². The number of nitrogens with zero attached hydrogens (tertiary/aromatic N) is 1. The average Bonchev–Trinajstić information content (AvgIpc) is 2.68. The van der Waals surface area contributed by atoms with Crippen LogP contribution >= 0.6 is 0 Å². The van der Waals surface area contributed by atoms with E-state index in [0.717, 1.165) is 25.8 Å². The Kier molecular flexibility index (Phi) is 5.70. The summed E-state index contributed by atoms with van der Waals surface area (Å²) in [5.41, 5.74) is 0.863. The molecule has 1 aliphatic heterocycles. The number of likely N-dealkylation sites (tertiary alicyclic amines) is 1. The summed E-state index contributed by atoms with van der Waals surface area (Å²) in [6, 6.07) is 13.1. The first-order valence-electron chi connectivity index (χ1n) is 8.99. The molecule has 3 rings (SSSR count). The summed E-state index contributed by atoms with van der Waals surface area (Å²) in [6.07, 6.45) is 3.14. The van der Waals surface area contributed by atoms with E-state index in [0.29, 0.717) is 17.0 Å². The molecule has 0 bridgehead atoms. The van der Waals surface area contributed by atoms with E-state index < -0.39 is 10.0 Å². The van der Waals surface area contributed by atoms with Gasteiger partial charge in [-0.1, -0.05) is 12.1 Å². The Bertz CT molecular complexity index is 910. The van der Waals surface area contributed by atoms with Crippen molar-refractivity contribution in [2.45, 2.75) is 37.1 Å². The molecule has 144 valence electrons. The van der Waals surface area contributed by atoms with E-state index in [-0.39, 0.29) is 16.8 Å². The third-order valence-corrected chi connectivity index (χ3v) is 6.21. The maximum atomic E-state index is 12.7. The van der Waals surface area contributed by atoms with Crippen molar-refractivity contribution >= 4 is 21.6 Å². The number of rotatable bonds is 5. The second-order valence-electron chi connectivity index (χ2n) is 6.67. The third-order valence-electron chi connectivity index (χ3n) is 4.83. The first-order valence-corrected chi connectivity index (χ1v) is 10.5. The van der Waals surface area contributed by atoms with Crippen molar-refractivity contribution in [2.75, 3.05) is 18.4 Å². The molecule has 27 heavy (non-hydrogen) atoms. The Labute approximate surface area is 160 Å². The number of para-hydroxylation sites is 2. The predicted molar refractivity (Wildman–Crippen MR) is 105 cm³/mol. The molecule has 1 saturated heterocycles. The molecule has 0 aliphatic carbocycles. The molecule has 1 amide bonds. The highest BCUT2D eigenvalue weighted by Crippen LogP contribution is 2.26. The van der Waals surface area contributed by atoms with Crippen molar-refractivity contribution in [2.24, 2.45) is 0 Å². The summed E-state index contributed by atoms with van der Waals surface area (Å²) >= 11 is 0. The number of nitrogens with one attached hydrogen (secondary N) is 1. The highest BCUT2D eigenvalue weighted by atomic mass is 32.2. The zero-order valence-corrected chi connectivity index (χ0v) is 16.3. The molecule has 0 spiro atoms. The number of amides is 1. The number of anilines is 1. The zero-order chi connectivity index (χ0) is 19.4. The Morgan fingerprint density at radius 1 is 1.11 bits per heavy atom. The number of methoxy groups -OCH3 is 1. The SMILES string of the molecule is COc1ccccc1NS(=O)(=O)c1ccc(C(=O)N2CCCCC2C)cc1. The molecular weight excluding hydrogens is 364 g/mol. The largest absolute Gasteiger partial charge is 0.495 e. The van der Waals surface area contributed by atoms with Crippen molar-refractivity contribution in [3.63, 3.8) is 0 Å². The van der Waals surface area contributed by atoms with Gasteiger partial charge < -0.3 is 9.64 Å². The Balaban J connectivity index is 1.78. The second-order valence-corrected chi connectivity index (χ2v) is 8.36. The van der Waals surface area contributed by atoms with Crippen LogP contribution in [-0.4, -0.2) is 38.9 Å². The smallest absolute Gasteiger partial charge is 0.262 e. The van der Waals surface area contributed by atoms with Crippen LogP contribution in [0, 0.1) is 0 Å². The van der Waals surface area contributed by atoms with Crippen LogP contribution in [0.15, 0.2) is 53.4 Å². The van der Waals surface area contributed by atoms with Crippen LogP contribution in [-0.2, 0) is 10.0 Å². The molecule has 0 radical (unpaired) electrons. The van der Waals surface area contributed by atoms with Crippen LogP contribution in [0.3, 0.4) is 0 Å². The van der Waals surface area contributed by atoms with Crippen LogP contribution in [0.5, 0.6) is 5.75 Å². The molecular formula is C20H24N2O4S. The fourth-order valence-corrected chi connectivity index (χ4v) is 4.35. The summed E-state index contributed by atoms with van der Waals surface area (Å²) in [5, 5.41) is 0. The minimum atomic E-state index is -3.78. The lowest BCUT2D eigenvalue weighted by Crippen LogP contribution is -2.42. The summed E-state index contributed by atoms with van der Waals surface area (Å²) in [4.78, 5) is 14.6. The van der Waals surface area contributed by atoms with Gasteiger partial charge in [0.25, 0.3) is 15.9 Å². The average molecular weight is 388 g/mol. The number of carbonyl (C=O) groups is 1. The maximum Gasteiger partial charge on any atom is 0.262 e. The standard InChI is InChI=1S/C20H24N2O4S/c1-15-7-5-6-14-22(15)20(23)16-10-12-17(13-11-16)27(24,25)21-18-8-3-4-9-19(18)26-2/h3-4,8-13,15,21H,5-7,14H2,1-2H3. The fourth-order valence-electron chi connectivity index (χ4n) is 3.27. The summed E-state index contributed by atoms with van der Waals surface area (Å²) in [5.74, 6) is 0.385. The van der Waals surface area contributed by atoms with Gasteiger partial charge in [0.05, 0.1) is 17.7 Å². The van der Waals surface area contributed by atoms with Crippen molar-refractivity contribution in [1.82, 2.24) is 4.90 Å². The van der Waals surface area contributed by atoms with Gasteiger partial charge >= 0.3 is 0 Å². The highest BCUT2D eigenvalue weighted by Gasteiger charge is 2.24. The zero-order valence-electron chi connectivity index (χ0n) is 15.5. The van der Waals surface area contributed by atoms with E-state index in [2.05, 4.69) is 4.72 Å². The number of piperidine rings is 1. The highest BCUT2D eigenvalue weighted by molar-refractivity contribution is 7.92. The van der Waals surface area contributed by atoms with Crippen LogP contribution in [0.2, 0.25) is 0 Å². The van der Waals surface area contributed by atoms with Crippen molar-refractivity contribution in [3.8, 4) is 5.75 Å². The minimum Gasteiger partial charge on any atom is -0.495 e. The number of benzene rings is 2. The lowest BCUT2D eigenvalue weighted by Gasteiger charge is -2.33. The van der Waals surface area contributed by atoms with Gasteiger partial charge in [-0.15, -0.1) is 0 Å². The number of hydrogen-bond acceptors (Lipinski definition) is 4. The van der Waals surface area contributed by atoms with Crippen LogP contribution in [0.4, 0.5) is 5.69 Å². The van der Waals surface area contributed by atoms with Crippen molar-refractivity contribution in [1.29, 1.82) is 0 Å². The topological polar surface area (TPSA) is 75.7 Å². The van der Waals surface area contributed by atoms with Crippen LogP contribution in [0.25, 0.3) is 0 Å². The van der Waals surface area contributed by atoms with Crippen molar-refractivity contribution < 1.29 is 17.9 Å². The van der Waals surface area contributed by atoms with Gasteiger partial charge in [0, 0.05) is 18.2 Å². The van der Waals surface area contributed by atoms with E-state index in [1.54, 1.807) is 36.4 Å². The molecule has 1 aliphatic rings. The summed E-state index contributed by atoms with van der Waals surface area (Å²) in [7, 11) is -2.30. The van der Waals surface area contributed by atoms with Crippen molar-refractivity contribution in [3.05, 3.63) is 54.1 Å². The lowest BCUT2D eigenvalue weighted by molar-refractivity contribution is 0.0635. The summed E-state index contributed by atoms with van der Waals surface area (Å²) < 4.78 is 33.0. The van der Waals surface area contributed by atoms with E-state index in [1.807, 2.05) is 11.8 Å². The number of sulfonamides is 1. The molecule has 2 aromatic rings. The van der Waals surface area contributed by atoms with Crippen LogP contribution in [0.1, 0.15) is 36.5 Å². The fraction of sp³-hybridized carbons (Fsp3) is 0.350. The first kappa shape index (κ1) is 19.2. The predicted octanol–water partition coefficient (Wildman–Crippen LogP) is 3.51. The molecule has 0 saturated carbocycles. The molecule has 1 N–H and O–H groups in total. The first-order chi connectivity index (χ1) is 12.9. The third kappa shape index (κ3) is 4.24. The lowest BCUT2D eigenvalue weighted by atomic mass is 10.0. The summed E-state index contributed by atoms with van der Waals surface area (Å²) in [6.45, 7) is 2.79. The maximum absolute atomic E-state index is 12.7. The van der Waals surface area contributed by atoms with E-state index in [4.69, 9.17) is 4.74 Å². The molecule has 1 fully saturated rings. The molecule has 1 atom stereocenters. The van der Waals surface area contributed by atoms with E-state index in [9.17, 15) is 13.2 Å². The van der Waals surface area contributed by atoms with Gasteiger partial charge in [-0.3, -0.25) is 9.52 Å². The van der Waals surface area contributed by atoms with Gasteiger partial charge in [-0.25, -0.2) is 8.42 Å². The normalized spacial score (nSPS) is 17.4. The Hall–Kier alpha value is -2.54. The van der Waals surface area contributed by atoms with Gasteiger partial charge in [0.1, 0.15) is 5.75 Å². The minimum absolute atomic E-state index is 0.0520. The molecule has 6 nitrogen and oxygen atoms in total.